The second-order valence-corrected chi connectivity index (χ2v) is 11.2. The molecule has 2 N–H and O–H groups in total. The molecule has 2 aromatic heterocycles. The van der Waals surface area contributed by atoms with Crippen LogP contribution in [0.15, 0.2) is 30.3 Å². The lowest BCUT2D eigenvalue weighted by atomic mass is 10.0. The van der Waals surface area contributed by atoms with Crippen LogP contribution in [0.3, 0.4) is 0 Å². The summed E-state index contributed by atoms with van der Waals surface area (Å²) in [6, 6.07) is 10.8. The van der Waals surface area contributed by atoms with Crippen molar-refractivity contribution in [1.29, 1.82) is 0 Å². The molecule has 184 valence electrons. The molecule has 34 heavy (non-hydrogen) atoms. The van der Waals surface area contributed by atoms with Crippen LogP contribution in [0.4, 0.5) is 10.9 Å². The van der Waals surface area contributed by atoms with Gasteiger partial charge in [-0.1, -0.05) is 48.1 Å². The van der Waals surface area contributed by atoms with E-state index >= 15 is 0 Å². The van der Waals surface area contributed by atoms with Crippen molar-refractivity contribution in [2.24, 2.45) is 0 Å². The summed E-state index contributed by atoms with van der Waals surface area (Å²) in [6.45, 7) is 11.6. The minimum Gasteiger partial charge on any atom is -0.364 e. The fraction of sp³-hybridized carbons (Fsp3) is 0.560. The second kappa shape index (κ2) is 10.3. The number of nitrogens with zero attached hydrogens (tertiary/aromatic N) is 5. The van der Waals surface area contributed by atoms with Gasteiger partial charge in [0.2, 0.25) is 16.0 Å². The van der Waals surface area contributed by atoms with E-state index in [4.69, 9.17) is 10.1 Å². The average Bonchev–Trinajstić information content (AvgIpc) is 3.34. The molecule has 1 aliphatic heterocycles. The first-order valence-corrected chi connectivity index (χ1v) is 13.0. The first-order valence-electron chi connectivity index (χ1n) is 12.2. The predicted molar refractivity (Wildman–Crippen MR) is 141 cm³/mol. The molecule has 1 aliphatic rings. The van der Waals surface area contributed by atoms with E-state index in [-0.39, 0.29) is 18.0 Å². The van der Waals surface area contributed by atoms with E-state index in [2.05, 4.69) is 55.4 Å². The Morgan fingerprint density at radius 3 is 2.71 bits per heavy atom. The Balaban J connectivity index is 1.44. The standard InChI is InChI=1S/C25H37N7OS/c1-18-11-9-10-15-31(18)16-14-26-20(33)17-30(5)24-29-32-22(28-25(2,3)4)21(27-23(32)34-24)19-12-7-6-8-13-19/h6-8,12-13,18,28H,9-11,14-17H2,1-5H3,(H,26,33). The number of likely N-dealkylation sites (N-methyl/N-ethyl adjacent to an activating group) is 1. The van der Waals surface area contributed by atoms with Crippen molar-refractivity contribution in [3.8, 4) is 11.3 Å². The fourth-order valence-corrected chi connectivity index (χ4v) is 5.19. The van der Waals surface area contributed by atoms with Crippen LogP contribution in [0.1, 0.15) is 47.0 Å². The van der Waals surface area contributed by atoms with Crippen molar-refractivity contribution >= 4 is 33.2 Å². The van der Waals surface area contributed by atoms with Gasteiger partial charge in [0.25, 0.3) is 0 Å². The summed E-state index contributed by atoms with van der Waals surface area (Å²) in [5.41, 5.74) is 1.78. The summed E-state index contributed by atoms with van der Waals surface area (Å²) in [5.74, 6) is 0.878. The van der Waals surface area contributed by atoms with Gasteiger partial charge in [0, 0.05) is 37.3 Å². The summed E-state index contributed by atoms with van der Waals surface area (Å²) in [5, 5.41) is 12.2. The highest BCUT2D eigenvalue weighted by molar-refractivity contribution is 7.20. The van der Waals surface area contributed by atoms with Crippen LogP contribution in [0.2, 0.25) is 0 Å². The molecular weight excluding hydrogens is 446 g/mol. The molecule has 0 bridgehead atoms. The second-order valence-electron chi connectivity index (χ2n) is 10.2. The lowest BCUT2D eigenvalue weighted by Gasteiger charge is -2.33. The number of anilines is 2. The van der Waals surface area contributed by atoms with Crippen molar-refractivity contribution < 1.29 is 4.79 Å². The number of nitrogens with one attached hydrogen (secondary N) is 2. The average molecular weight is 484 g/mol. The Morgan fingerprint density at radius 1 is 1.24 bits per heavy atom. The van der Waals surface area contributed by atoms with Gasteiger partial charge >= 0.3 is 0 Å². The lowest BCUT2D eigenvalue weighted by Crippen LogP contribution is -2.44. The van der Waals surface area contributed by atoms with Gasteiger partial charge in [0.1, 0.15) is 5.69 Å². The first kappa shape index (κ1) is 24.5. The minimum absolute atomic E-state index is 0.0121. The first-order chi connectivity index (χ1) is 16.2. The van der Waals surface area contributed by atoms with Gasteiger partial charge in [0.05, 0.1) is 6.54 Å². The van der Waals surface area contributed by atoms with Gasteiger partial charge in [-0.05, 0) is 47.1 Å². The maximum Gasteiger partial charge on any atom is 0.239 e. The Kier molecular flexibility index (Phi) is 7.42. The lowest BCUT2D eigenvalue weighted by molar-refractivity contribution is -0.119. The molecule has 1 unspecified atom stereocenters. The third-order valence-electron chi connectivity index (χ3n) is 6.10. The van der Waals surface area contributed by atoms with Gasteiger partial charge in [-0.3, -0.25) is 9.69 Å². The van der Waals surface area contributed by atoms with Crippen LogP contribution in [-0.2, 0) is 4.79 Å². The number of fused-ring (bicyclic) bond motifs is 1. The summed E-state index contributed by atoms with van der Waals surface area (Å²) < 4.78 is 1.86. The van der Waals surface area contributed by atoms with Gasteiger partial charge in [-0.2, -0.15) is 4.52 Å². The molecule has 3 aromatic rings. The third kappa shape index (κ3) is 5.88. The van der Waals surface area contributed by atoms with E-state index in [0.29, 0.717) is 12.6 Å². The van der Waals surface area contributed by atoms with E-state index in [0.717, 1.165) is 40.3 Å². The number of hydrogen-bond acceptors (Lipinski definition) is 7. The molecule has 1 aromatic carbocycles. The molecule has 9 heteroatoms. The van der Waals surface area contributed by atoms with Crippen molar-refractivity contribution in [3.63, 3.8) is 0 Å². The normalized spacial score (nSPS) is 17.1. The number of aromatic nitrogens is 3. The van der Waals surface area contributed by atoms with Crippen LogP contribution >= 0.6 is 11.3 Å². The number of amides is 1. The Morgan fingerprint density at radius 2 is 2.00 bits per heavy atom. The molecular formula is C25H37N7OS. The number of imidazole rings is 1. The van der Waals surface area contributed by atoms with Crippen LogP contribution in [0, 0.1) is 0 Å². The number of carbonyl (C=O) groups is 1. The summed E-state index contributed by atoms with van der Waals surface area (Å²) >= 11 is 1.49. The molecule has 0 saturated carbocycles. The van der Waals surface area contributed by atoms with Gasteiger partial charge in [-0.25, -0.2) is 4.98 Å². The highest BCUT2D eigenvalue weighted by Crippen LogP contribution is 2.34. The van der Waals surface area contributed by atoms with Crippen molar-refractivity contribution in [1.82, 2.24) is 24.8 Å². The highest BCUT2D eigenvalue weighted by Gasteiger charge is 2.23. The van der Waals surface area contributed by atoms with Crippen molar-refractivity contribution in [3.05, 3.63) is 30.3 Å². The number of benzene rings is 1. The van der Waals surface area contributed by atoms with E-state index < -0.39 is 0 Å². The maximum absolute atomic E-state index is 12.6. The van der Waals surface area contributed by atoms with E-state index in [1.807, 2.05) is 34.7 Å². The number of hydrogen-bond donors (Lipinski definition) is 2. The zero-order valence-corrected chi connectivity index (χ0v) is 21.8. The fourth-order valence-electron chi connectivity index (χ4n) is 4.32. The minimum atomic E-state index is -0.152. The molecule has 1 atom stereocenters. The van der Waals surface area contributed by atoms with Gasteiger partial charge < -0.3 is 15.5 Å². The van der Waals surface area contributed by atoms with E-state index in [9.17, 15) is 4.79 Å². The summed E-state index contributed by atoms with van der Waals surface area (Å²) in [4.78, 5) is 22.6. The molecule has 0 spiro atoms. The Hall–Kier alpha value is -2.65. The van der Waals surface area contributed by atoms with Crippen LogP contribution in [0.25, 0.3) is 16.2 Å². The van der Waals surface area contributed by atoms with Crippen LogP contribution < -0.4 is 15.5 Å². The summed E-state index contributed by atoms with van der Waals surface area (Å²) in [6.07, 6.45) is 3.82. The van der Waals surface area contributed by atoms with Crippen LogP contribution in [-0.4, -0.2) is 70.2 Å². The van der Waals surface area contributed by atoms with E-state index in [1.165, 1.54) is 30.6 Å². The zero-order valence-electron chi connectivity index (χ0n) is 21.0. The molecule has 0 aliphatic carbocycles. The summed E-state index contributed by atoms with van der Waals surface area (Å²) in [7, 11) is 1.90. The number of carbonyl (C=O) groups excluding carboxylic acids is 1. The molecule has 8 nitrogen and oxygen atoms in total. The zero-order chi connectivity index (χ0) is 24.3. The number of rotatable bonds is 8. The highest BCUT2D eigenvalue weighted by atomic mass is 32.1. The topological polar surface area (TPSA) is 77.8 Å². The molecule has 0 radical (unpaired) electrons. The third-order valence-corrected chi connectivity index (χ3v) is 7.13. The smallest absolute Gasteiger partial charge is 0.239 e. The monoisotopic (exact) mass is 483 g/mol. The van der Waals surface area contributed by atoms with Gasteiger partial charge in [0.15, 0.2) is 5.82 Å². The number of piperidine rings is 1. The maximum atomic E-state index is 12.6. The van der Waals surface area contributed by atoms with Gasteiger partial charge in [-0.15, -0.1) is 5.10 Å². The molecule has 3 heterocycles. The molecule has 1 saturated heterocycles. The van der Waals surface area contributed by atoms with Crippen molar-refractivity contribution in [2.75, 3.05) is 43.4 Å². The van der Waals surface area contributed by atoms with E-state index in [1.54, 1.807) is 0 Å². The van der Waals surface area contributed by atoms with Crippen LogP contribution in [0.5, 0.6) is 0 Å². The molecule has 1 amide bonds. The Labute approximate surface area is 206 Å². The number of likely N-dealkylation sites (tertiary alicyclic amines) is 1. The van der Waals surface area contributed by atoms with Crippen molar-refractivity contribution in [2.45, 2.75) is 58.5 Å². The largest absolute Gasteiger partial charge is 0.364 e. The molecule has 4 rings (SSSR count). The predicted octanol–water partition coefficient (Wildman–Crippen LogP) is 4.10. The Bertz CT molecular complexity index is 1100. The quantitative estimate of drug-likeness (QED) is 0.502. The SMILES string of the molecule is CC1CCCCN1CCNC(=O)CN(C)c1nn2c(NC(C)(C)C)c(-c3ccccc3)nc2s1. The molecule has 1 fully saturated rings.